The third-order valence-corrected chi connectivity index (χ3v) is 11.0. The molecule has 1 radical (unpaired) electrons. The topological polar surface area (TPSA) is 64.5 Å². The van der Waals surface area contributed by atoms with Crippen molar-refractivity contribution in [1.29, 1.82) is 0 Å². The molecule has 1 heterocycles. The van der Waals surface area contributed by atoms with E-state index < -0.39 is 0 Å². The average molecular weight is 879 g/mol. The Hall–Kier alpha value is -4.74. The second kappa shape index (κ2) is 25.8. The molecule has 0 atom stereocenters. The third kappa shape index (κ3) is 15.4. The predicted octanol–water partition coefficient (Wildman–Crippen LogP) is 13.3. The Balaban J connectivity index is 0.000000198. The number of guanidine groups is 1. The van der Waals surface area contributed by atoms with Crippen LogP contribution in [0.25, 0.3) is 10.7 Å². The Bertz CT molecular complexity index is 1950. The van der Waals surface area contributed by atoms with Gasteiger partial charge in [-0.15, -0.1) is 24.3 Å². The van der Waals surface area contributed by atoms with Crippen LogP contribution in [0.2, 0.25) is 0 Å². The number of aliphatic imine (C=N–C) groups is 1. The molecule has 5 aromatic rings. The van der Waals surface area contributed by atoms with Gasteiger partial charge in [-0.25, -0.2) is 0 Å². The molecule has 8 rings (SSSR count). The van der Waals surface area contributed by atoms with E-state index in [0.29, 0.717) is 12.1 Å². The van der Waals surface area contributed by atoms with E-state index in [2.05, 4.69) is 77.1 Å². The van der Waals surface area contributed by atoms with Crippen molar-refractivity contribution in [3.05, 3.63) is 185 Å². The predicted molar refractivity (Wildman–Crippen MR) is 253 cm³/mol. The fourth-order valence-corrected chi connectivity index (χ4v) is 8.14. The molecule has 2 aliphatic carbocycles. The first kappa shape index (κ1) is 47.9. The molecule has 6 nitrogen and oxygen atoms in total. The summed E-state index contributed by atoms with van der Waals surface area (Å²) in [5.74, 6) is 2.13. The Morgan fingerprint density at radius 3 is 1.67 bits per heavy atom. The molecule has 0 spiro atoms. The standard InChI is InChI=1S/C20H29N2.C19H22N3O.2C7H7.Zr/c1-4-10-17(11-5-1)16-20(21-18-12-6-2-7-13-18)22-19-14-8-3-9-15-19;1-13-11-14(2)18(15(3)12-13)22-10-9-21(19(22)20)16-7-5-6-8-17(16)23-4;2*1-7-5-3-2-4-6-7;/h1,4-5,10-11,18-19H,2-3,6-9,12-16H2;5-8,11-12H,9-10H2,1-4H3;2*2-6H,1H2;/q4*-1;+3. The smallest absolute Gasteiger partial charge is 0.496 e. The van der Waals surface area contributed by atoms with Crippen molar-refractivity contribution in [1.82, 2.24) is 0 Å². The molecule has 2 saturated carbocycles. The SMILES string of the molecule is COc1ccccc1N1CCN(c2c(C)cc(C)cc2C)C1=[N-].[CH2-]c1ccccc1.[CH2-]c1ccccc1.[Zr+3].c1ccc(CC(=NC2CCCCC2)[N-]C2CCCCC2)cc1. The zero-order chi connectivity index (χ0) is 41.8. The minimum absolute atomic E-state index is 0. The van der Waals surface area contributed by atoms with Crippen LogP contribution in [-0.2, 0) is 32.6 Å². The maximum atomic E-state index is 10.8. The van der Waals surface area contributed by atoms with Crippen molar-refractivity contribution in [2.24, 2.45) is 4.99 Å². The van der Waals surface area contributed by atoms with Gasteiger partial charge >= 0.3 is 26.2 Å². The second-order valence-electron chi connectivity index (χ2n) is 15.9. The van der Waals surface area contributed by atoms with E-state index in [1.54, 1.807) is 7.11 Å². The van der Waals surface area contributed by atoms with Gasteiger partial charge in [-0.3, -0.25) is 0 Å². The van der Waals surface area contributed by atoms with E-state index in [1.807, 2.05) is 94.7 Å². The summed E-state index contributed by atoms with van der Waals surface area (Å²) in [5.41, 5.74) is 9.06. The average Bonchev–Trinajstić information content (AvgIpc) is 3.62. The number of hydrogen-bond donors (Lipinski definition) is 0. The number of aryl methyl sites for hydroxylation is 3. The van der Waals surface area contributed by atoms with E-state index >= 15 is 0 Å². The number of para-hydroxylation sites is 2. The summed E-state index contributed by atoms with van der Waals surface area (Å²) in [6.07, 6.45) is 14.1. The molecule has 7 heteroatoms. The summed E-state index contributed by atoms with van der Waals surface area (Å²) < 4.78 is 5.43. The largest absolute Gasteiger partial charge is 3.00 e. The summed E-state index contributed by atoms with van der Waals surface area (Å²) in [7, 11) is 1.65. The van der Waals surface area contributed by atoms with Gasteiger partial charge in [-0.2, -0.15) is 49.2 Å². The molecule has 3 fully saturated rings. The number of methoxy groups -OCH3 is 1. The van der Waals surface area contributed by atoms with Gasteiger partial charge in [0.05, 0.1) is 7.11 Å². The Morgan fingerprint density at radius 1 is 0.667 bits per heavy atom. The zero-order valence-corrected chi connectivity index (χ0v) is 39.0. The van der Waals surface area contributed by atoms with Crippen molar-refractivity contribution in [3.63, 3.8) is 0 Å². The van der Waals surface area contributed by atoms with Gasteiger partial charge in [0.2, 0.25) is 0 Å². The van der Waals surface area contributed by atoms with Crippen LogP contribution in [0, 0.1) is 34.6 Å². The fourth-order valence-electron chi connectivity index (χ4n) is 8.14. The Morgan fingerprint density at radius 2 is 1.15 bits per heavy atom. The maximum absolute atomic E-state index is 10.8. The summed E-state index contributed by atoms with van der Waals surface area (Å²) in [6.45, 7) is 15.2. The van der Waals surface area contributed by atoms with Crippen molar-refractivity contribution in [2.45, 2.75) is 103 Å². The number of hydrogen-bond acceptors (Lipinski definition) is 2. The molecule has 313 valence electrons. The van der Waals surface area contributed by atoms with Gasteiger partial charge in [0, 0.05) is 11.6 Å². The van der Waals surface area contributed by atoms with Crippen molar-refractivity contribution >= 4 is 23.2 Å². The molecule has 5 aromatic carbocycles. The molecule has 3 aliphatic rings. The molecule has 0 N–H and O–H groups in total. The van der Waals surface area contributed by atoms with Crippen LogP contribution < -0.4 is 14.5 Å². The minimum atomic E-state index is 0. The first-order valence-corrected chi connectivity index (χ1v) is 21.6. The van der Waals surface area contributed by atoms with E-state index in [9.17, 15) is 5.41 Å². The van der Waals surface area contributed by atoms with Gasteiger partial charge in [-0.1, -0.05) is 142 Å². The number of amidine groups is 1. The molecular weight excluding hydrogens is 814 g/mol. The van der Waals surface area contributed by atoms with Crippen LogP contribution in [0.1, 0.15) is 97.6 Å². The van der Waals surface area contributed by atoms with Crippen LogP contribution in [0.3, 0.4) is 0 Å². The third-order valence-electron chi connectivity index (χ3n) is 11.0. The molecule has 0 amide bonds. The monoisotopic (exact) mass is 877 g/mol. The van der Waals surface area contributed by atoms with E-state index in [-0.39, 0.29) is 32.2 Å². The minimum Gasteiger partial charge on any atom is -0.496 e. The number of benzene rings is 5. The molecule has 0 aromatic heterocycles. The van der Waals surface area contributed by atoms with Gasteiger partial charge < -0.3 is 30.3 Å². The molecule has 0 unspecified atom stereocenters. The quantitative estimate of drug-likeness (QED) is 0.0929. The van der Waals surface area contributed by atoms with Gasteiger partial charge in [0.25, 0.3) is 0 Å². The van der Waals surface area contributed by atoms with E-state index in [1.165, 1.54) is 86.5 Å². The number of anilines is 2. The van der Waals surface area contributed by atoms with Crippen molar-refractivity contribution < 1.29 is 30.9 Å². The molecule has 1 aliphatic heterocycles. The Kier molecular flexibility index (Phi) is 20.6. The fraction of sp³-hybridized carbons (Fsp3) is 0.358. The first-order valence-electron chi connectivity index (χ1n) is 21.6. The summed E-state index contributed by atoms with van der Waals surface area (Å²) in [6, 6.07) is 43.6. The molecular formula is C53H65N5OZr-. The molecule has 1 saturated heterocycles. The van der Waals surface area contributed by atoms with Gasteiger partial charge in [0.15, 0.2) is 0 Å². The number of ether oxygens (including phenoxy) is 1. The molecule has 60 heavy (non-hydrogen) atoms. The zero-order valence-electron chi connectivity index (χ0n) is 36.5. The van der Waals surface area contributed by atoms with Crippen LogP contribution in [0.15, 0.2) is 132 Å². The van der Waals surface area contributed by atoms with E-state index in [0.717, 1.165) is 53.6 Å². The van der Waals surface area contributed by atoms with E-state index in [4.69, 9.17) is 15.0 Å². The number of nitrogens with zero attached hydrogens (tertiary/aromatic N) is 5. The van der Waals surface area contributed by atoms with Crippen LogP contribution >= 0.6 is 0 Å². The normalized spacial score (nSPS) is 15.5. The Labute approximate surface area is 381 Å². The summed E-state index contributed by atoms with van der Waals surface area (Å²) >= 11 is 0. The summed E-state index contributed by atoms with van der Waals surface area (Å²) in [5, 5.41) is 15.9. The second-order valence-corrected chi connectivity index (χ2v) is 15.9. The van der Waals surface area contributed by atoms with Gasteiger partial charge in [-0.05, 0) is 86.9 Å². The van der Waals surface area contributed by atoms with Gasteiger partial charge in [0.1, 0.15) is 5.75 Å². The maximum Gasteiger partial charge on any atom is 3.00 e. The van der Waals surface area contributed by atoms with Crippen LogP contribution in [0.4, 0.5) is 11.4 Å². The van der Waals surface area contributed by atoms with Crippen molar-refractivity contribution in [2.75, 3.05) is 30.0 Å². The van der Waals surface area contributed by atoms with Crippen LogP contribution in [-0.4, -0.2) is 44.1 Å². The first-order chi connectivity index (χ1) is 28.7. The summed E-state index contributed by atoms with van der Waals surface area (Å²) in [4.78, 5) is 8.96. The van der Waals surface area contributed by atoms with Crippen molar-refractivity contribution in [3.8, 4) is 5.75 Å². The number of rotatable bonds is 7. The van der Waals surface area contributed by atoms with Crippen LogP contribution in [0.5, 0.6) is 5.75 Å². The molecule has 0 bridgehead atoms.